The second-order valence-corrected chi connectivity index (χ2v) is 6.45. The molecule has 1 N–H and O–H groups in total. The molecule has 0 amide bonds. The van der Waals surface area contributed by atoms with Gasteiger partial charge in [-0.25, -0.2) is 4.79 Å². The van der Waals surface area contributed by atoms with Crippen LogP contribution in [0.4, 0.5) is 0 Å². The minimum Gasteiger partial charge on any atom is -0.487 e. The van der Waals surface area contributed by atoms with E-state index in [-0.39, 0.29) is 11.5 Å². The van der Waals surface area contributed by atoms with Crippen LogP contribution in [-0.2, 0) is 13.0 Å². The first-order valence-electron chi connectivity index (χ1n) is 6.44. The lowest BCUT2D eigenvalue weighted by Gasteiger charge is -2.06. The Labute approximate surface area is 137 Å². The van der Waals surface area contributed by atoms with Gasteiger partial charge in [0.2, 0.25) is 0 Å². The number of rotatable bonds is 6. The zero-order chi connectivity index (χ0) is 15.4. The molecule has 0 fully saturated rings. The van der Waals surface area contributed by atoms with Gasteiger partial charge in [-0.2, -0.15) is 0 Å². The highest BCUT2D eigenvalue weighted by molar-refractivity contribution is 7.14. The van der Waals surface area contributed by atoms with Gasteiger partial charge in [0.25, 0.3) is 0 Å². The van der Waals surface area contributed by atoms with E-state index in [2.05, 4.69) is 6.92 Å². The summed E-state index contributed by atoms with van der Waals surface area (Å²) in [5.41, 5.74) is 0.837. The lowest BCUT2D eigenvalue weighted by molar-refractivity contribution is 0.0697. The van der Waals surface area contributed by atoms with Crippen molar-refractivity contribution in [2.45, 2.75) is 26.4 Å². The molecule has 0 bridgehead atoms. The average Bonchev–Trinajstić information content (AvgIpc) is 2.84. The molecule has 0 aliphatic carbocycles. The van der Waals surface area contributed by atoms with Crippen LogP contribution >= 0.6 is 34.5 Å². The van der Waals surface area contributed by atoms with E-state index in [1.54, 1.807) is 24.3 Å². The van der Waals surface area contributed by atoms with Gasteiger partial charge >= 0.3 is 5.97 Å². The second-order valence-electron chi connectivity index (χ2n) is 4.50. The summed E-state index contributed by atoms with van der Waals surface area (Å²) in [6, 6.07) is 7.00. The summed E-state index contributed by atoms with van der Waals surface area (Å²) in [5.74, 6) is -0.562. The highest BCUT2D eigenvalue weighted by Gasteiger charge is 2.16. The number of carboxylic acids is 1. The smallest absolute Gasteiger partial charge is 0.349 e. The monoisotopic (exact) mass is 344 g/mol. The molecule has 3 nitrogen and oxygen atoms in total. The Hall–Kier alpha value is -1.23. The van der Waals surface area contributed by atoms with E-state index in [4.69, 9.17) is 27.9 Å². The van der Waals surface area contributed by atoms with Gasteiger partial charge in [0.15, 0.2) is 4.88 Å². The molecule has 112 valence electrons. The van der Waals surface area contributed by atoms with E-state index >= 15 is 0 Å². The number of thiophene rings is 1. The molecule has 0 atom stereocenters. The van der Waals surface area contributed by atoms with Crippen molar-refractivity contribution in [2.24, 2.45) is 0 Å². The van der Waals surface area contributed by atoms with Crippen molar-refractivity contribution in [1.82, 2.24) is 0 Å². The number of hydrogen-bond acceptors (Lipinski definition) is 3. The zero-order valence-electron chi connectivity index (χ0n) is 11.4. The molecule has 0 aliphatic heterocycles. The van der Waals surface area contributed by atoms with Crippen molar-refractivity contribution < 1.29 is 14.6 Å². The van der Waals surface area contributed by atoms with Crippen LogP contribution in [-0.4, -0.2) is 11.1 Å². The summed E-state index contributed by atoms with van der Waals surface area (Å²) in [5, 5.41) is 10.1. The van der Waals surface area contributed by atoms with E-state index < -0.39 is 5.97 Å². The van der Waals surface area contributed by atoms with Crippen LogP contribution in [0, 0.1) is 0 Å². The maximum Gasteiger partial charge on any atom is 0.349 e. The molecular formula is C15H14Cl2O3S. The third-order valence-electron chi connectivity index (χ3n) is 2.82. The minimum absolute atomic E-state index is 0.235. The predicted molar refractivity (Wildman–Crippen MR) is 86.1 cm³/mol. The van der Waals surface area contributed by atoms with Gasteiger partial charge in [0.05, 0.1) is 10.0 Å². The summed E-state index contributed by atoms with van der Waals surface area (Å²) < 4.78 is 5.63. The second kappa shape index (κ2) is 7.16. The van der Waals surface area contributed by atoms with Crippen LogP contribution in [0.5, 0.6) is 5.75 Å². The number of aryl methyl sites for hydroxylation is 1. The van der Waals surface area contributed by atoms with Gasteiger partial charge in [0.1, 0.15) is 12.4 Å². The van der Waals surface area contributed by atoms with Crippen molar-refractivity contribution >= 4 is 40.5 Å². The van der Waals surface area contributed by atoms with E-state index in [9.17, 15) is 9.90 Å². The SMILES string of the molecule is CCCc1cc(OCc2ccc(Cl)c(Cl)c2)c(C(=O)O)s1. The number of carbonyl (C=O) groups is 1. The van der Waals surface area contributed by atoms with Crippen LogP contribution in [0.25, 0.3) is 0 Å². The fraction of sp³-hybridized carbons (Fsp3) is 0.267. The molecule has 0 saturated heterocycles. The number of aromatic carboxylic acids is 1. The quantitative estimate of drug-likeness (QED) is 0.774. The molecule has 0 saturated carbocycles. The summed E-state index contributed by atoms with van der Waals surface area (Å²) in [4.78, 5) is 12.5. The Kier molecular flexibility index (Phi) is 5.51. The van der Waals surface area contributed by atoms with Crippen molar-refractivity contribution in [1.29, 1.82) is 0 Å². The number of carboxylic acid groups (broad SMARTS) is 1. The van der Waals surface area contributed by atoms with Crippen molar-refractivity contribution in [3.05, 3.63) is 49.6 Å². The number of halogens is 2. The molecule has 1 aromatic carbocycles. The molecule has 1 aromatic heterocycles. The molecule has 0 spiro atoms. The van der Waals surface area contributed by atoms with Crippen LogP contribution in [0.2, 0.25) is 10.0 Å². The van der Waals surface area contributed by atoms with E-state index in [1.807, 2.05) is 0 Å². The summed E-state index contributed by atoms with van der Waals surface area (Å²) in [6.07, 6.45) is 1.81. The largest absolute Gasteiger partial charge is 0.487 e. The highest BCUT2D eigenvalue weighted by Crippen LogP contribution is 2.31. The molecule has 6 heteroatoms. The highest BCUT2D eigenvalue weighted by atomic mass is 35.5. The normalized spacial score (nSPS) is 10.6. The minimum atomic E-state index is -0.966. The summed E-state index contributed by atoms with van der Waals surface area (Å²) in [7, 11) is 0. The summed E-state index contributed by atoms with van der Waals surface area (Å²) in [6.45, 7) is 2.30. The Balaban J connectivity index is 2.14. The lowest BCUT2D eigenvalue weighted by atomic mass is 10.2. The van der Waals surface area contributed by atoms with Crippen LogP contribution in [0.15, 0.2) is 24.3 Å². The van der Waals surface area contributed by atoms with Crippen molar-refractivity contribution in [3.8, 4) is 5.75 Å². The van der Waals surface area contributed by atoms with Gasteiger partial charge in [-0.1, -0.05) is 42.6 Å². The summed E-state index contributed by atoms with van der Waals surface area (Å²) >= 11 is 13.1. The molecule has 0 unspecified atom stereocenters. The standard InChI is InChI=1S/C15H14Cl2O3S/c1-2-3-10-7-13(14(21-10)15(18)19)20-8-9-4-5-11(16)12(17)6-9/h4-7H,2-3,8H2,1H3,(H,18,19). The van der Waals surface area contributed by atoms with E-state index in [0.29, 0.717) is 15.8 Å². The maximum absolute atomic E-state index is 11.2. The third kappa shape index (κ3) is 4.13. The topological polar surface area (TPSA) is 46.5 Å². The molecular weight excluding hydrogens is 331 g/mol. The van der Waals surface area contributed by atoms with Crippen LogP contribution in [0.3, 0.4) is 0 Å². The molecule has 0 aliphatic rings. The number of hydrogen-bond donors (Lipinski definition) is 1. The molecule has 21 heavy (non-hydrogen) atoms. The Morgan fingerprint density at radius 2 is 2.05 bits per heavy atom. The average molecular weight is 345 g/mol. The maximum atomic E-state index is 11.2. The predicted octanol–water partition coefficient (Wildman–Crippen LogP) is 5.28. The van der Waals surface area contributed by atoms with Gasteiger partial charge in [-0.3, -0.25) is 0 Å². The Morgan fingerprint density at radius 1 is 1.29 bits per heavy atom. The van der Waals surface area contributed by atoms with E-state index in [0.717, 1.165) is 23.3 Å². The third-order valence-corrected chi connectivity index (χ3v) is 4.72. The van der Waals surface area contributed by atoms with Gasteiger partial charge in [-0.05, 0) is 30.2 Å². The molecule has 0 radical (unpaired) electrons. The fourth-order valence-corrected chi connectivity index (χ4v) is 3.20. The van der Waals surface area contributed by atoms with Crippen LogP contribution < -0.4 is 4.74 Å². The first-order valence-corrected chi connectivity index (χ1v) is 8.01. The fourth-order valence-electron chi connectivity index (χ4n) is 1.84. The number of ether oxygens (including phenoxy) is 1. The van der Waals surface area contributed by atoms with Gasteiger partial charge in [-0.15, -0.1) is 11.3 Å². The zero-order valence-corrected chi connectivity index (χ0v) is 13.7. The lowest BCUT2D eigenvalue weighted by Crippen LogP contribution is -2.00. The van der Waals surface area contributed by atoms with Crippen molar-refractivity contribution in [3.63, 3.8) is 0 Å². The van der Waals surface area contributed by atoms with Crippen LogP contribution in [0.1, 0.15) is 33.5 Å². The Morgan fingerprint density at radius 3 is 2.67 bits per heavy atom. The van der Waals surface area contributed by atoms with E-state index in [1.165, 1.54) is 11.3 Å². The first-order chi connectivity index (χ1) is 10.0. The van der Waals surface area contributed by atoms with Gasteiger partial charge < -0.3 is 9.84 Å². The molecule has 2 rings (SSSR count). The Bertz CT molecular complexity index is 652. The number of benzene rings is 1. The molecule has 2 aromatic rings. The van der Waals surface area contributed by atoms with Gasteiger partial charge in [0, 0.05) is 4.88 Å². The van der Waals surface area contributed by atoms with Crippen molar-refractivity contribution in [2.75, 3.05) is 0 Å². The first kappa shape index (κ1) is 16.1. The molecule has 1 heterocycles.